The second-order valence-electron chi connectivity index (χ2n) is 3.77. The summed E-state index contributed by atoms with van der Waals surface area (Å²) in [5.41, 5.74) is 2.26. The predicted molar refractivity (Wildman–Crippen MR) is 71.3 cm³/mol. The molecule has 0 bridgehead atoms. The first-order valence-corrected chi connectivity index (χ1v) is 6.83. The van der Waals surface area contributed by atoms with Gasteiger partial charge in [-0.15, -0.1) is 10.2 Å². The minimum absolute atomic E-state index is 0.718. The SMILES string of the molecule is CSc1nnc2n1C=Cc1cccc(Cl)c1C2. The molecule has 0 N–H and O–H groups in total. The van der Waals surface area contributed by atoms with Crippen molar-refractivity contribution in [3.63, 3.8) is 0 Å². The monoisotopic (exact) mass is 263 g/mol. The van der Waals surface area contributed by atoms with Gasteiger partial charge in [-0.2, -0.15) is 0 Å². The number of hydrogen-bond donors (Lipinski definition) is 0. The number of nitrogens with zero attached hydrogens (tertiary/aromatic N) is 3. The largest absolute Gasteiger partial charge is 0.281 e. The molecule has 2 heterocycles. The van der Waals surface area contributed by atoms with E-state index >= 15 is 0 Å². The zero-order chi connectivity index (χ0) is 11.8. The van der Waals surface area contributed by atoms with Gasteiger partial charge in [-0.1, -0.05) is 35.5 Å². The Morgan fingerprint density at radius 2 is 2.24 bits per heavy atom. The van der Waals surface area contributed by atoms with Gasteiger partial charge >= 0.3 is 0 Å². The molecule has 86 valence electrons. The van der Waals surface area contributed by atoms with E-state index in [1.807, 2.05) is 29.2 Å². The number of hydrogen-bond acceptors (Lipinski definition) is 3. The smallest absolute Gasteiger partial charge is 0.195 e. The Morgan fingerprint density at radius 1 is 1.35 bits per heavy atom. The summed E-state index contributed by atoms with van der Waals surface area (Å²) in [5.74, 6) is 0.928. The Kier molecular flexibility index (Phi) is 2.68. The lowest BCUT2D eigenvalue weighted by atomic mass is 10.1. The van der Waals surface area contributed by atoms with Crippen LogP contribution in [0, 0.1) is 0 Å². The van der Waals surface area contributed by atoms with Crippen LogP contribution >= 0.6 is 23.4 Å². The molecule has 1 aliphatic rings. The van der Waals surface area contributed by atoms with Crippen molar-refractivity contribution in [2.75, 3.05) is 6.26 Å². The topological polar surface area (TPSA) is 30.7 Å². The molecular formula is C12H10ClN3S. The minimum atomic E-state index is 0.718. The maximum atomic E-state index is 6.23. The first-order valence-electron chi connectivity index (χ1n) is 5.23. The van der Waals surface area contributed by atoms with Crippen LogP contribution in [0.3, 0.4) is 0 Å². The van der Waals surface area contributed by atoms with Crippen molar-refractivity contribution >= 4 is 35.6 Å². The number of thioether (sulfide) groups is 1. The Balaban J connectivity index is 2.17. The van der Waals surface area contributed by atoms with Gasteiger partial charge in [-0.05, 0) is 29.5 Å². The summed E-state index contributed by atoms with van der Waals surface area (Å²) in [6.45, 7) is 0. The summed E-state index contributed by atoms with van der Waals surface area (Å²) in [4.78, 5) is 0. The molecule has 1 aromatic heterocycles. The molecule has 0 amide bonds. The Bertz CT molecular complexity index is 604. The average molecular weight is 264 g/mol. The summed E-state index contributed by atoms with van der Waals surface area (Å²) in [6, 6.07) is 5.94. The molecule has 1 aromatic carbocycles. The van der Waals surface area contributed by atoms with Crippen LogP contribution in [0.4, 0.5) is 0 Å². The van der Waals surface area contributed by atoms with E-state index < -0.39 is 0 Å². The van der Waals surface area contributed by atoms with Crippen molar-refractivity contribution in [2.24, 2.45) is 0 Å². The van der Waals surface area contributed by atoms with E-state index in [4.69, 9.17) is 11.6 Å². The third kappa shape index (κ3) is 1.77. The lowest BCUT2D eigenvalue weighted by Gasteiger charge is -2.04. The highest BCUT2D eigenvalue weighted by molar-refractivity contribution is 7.98. The van der Waals surface area contributed by atoms with Gasteiger partial charge in [0.1, 0.15) is 5.82 Å². The molecule has 0 fully saturated rings. The van der Waals surface area contributed by atoms with Crippen molar-refractivity contribution in [3.8, 4) is 0 Å². The van der Waals surface area contributed by atoms with Gasteiger partial charge in [-0.25, -0.2) is 0 Å². The minimum Gasteiger partial charge on any atom is -0.281 e. The molecule has 17 heavy (non-hydrogen) atoms. The van der Waals surface area contributed by atoms with Crippen LogP contribution in [-0.4, -0.2) is 21.0 Å². The van der Waals surface area contributed by atoms with Crippen molar-refractivity contribution in [1.29, 1.82) is 0 Å². The zero-order valence-corrected chi connectivity index (χ0v) is 10.8. The molecule has 0 spiro atoms. The first-order chi connectivity index (χ1) is 8.29. The van der Waals surface area contributed by atoms with E-state index in [0.717, 1.165) is 33.6 Å². The second-order valence-corrected chi connectivity index (χ2v) is 4.95. The molecule has 0 aliphatic carbocycles. The quantitative estimate of drug-likeness (QED) is 0.632. The maximum absolute atomic E-state index is 6.23. The second kappa shape index (κ2) is 4.20. The Hall–Kier alpha value is -1.26. The molecule has 3 nitrogen and oxygen atoms in total. The van der Waals surface area contributed by atoms with Gasteiger partial charge in [0, 0.05) is 17.6 Å². The van der Waals surface area contributed by atoms with Gasteiger partial charge in [0.2, 0.25) is 0 Å². The van der Waals surface area contributed by atoms with Crippen molar-refractivity contribution in [1.82, 2.24) is 14.8 Å². The predicted octanol–water partition coefficient (Wildman–Crippen LogP) is 3.19. The van der Waals surface area contributed by atoms with E-state index in [2.05, 4.69) is 22.3 Å². The first kappa shape index (κ1) is 10.9. The summed E-state index contributed by atoms with van der Waals surface area (Å²) >= 11 is 7.81. The Labute approximate surface area is 109 Å². The molecule has 5 heteroatoms. The normalized spacial score (nSPS) is 13.1. The lowest BCUT2D eigenvalue weighted by Crippen LogP contribution is -1.98. The van der Waals surface area contributed by atoms with Gasteiger partial charge < -0.3 is 0 Å². The number of benzene rings is 1. The molecule has 0 radical (unpaired) electrons. The fourth-order valence-electron chi connectivity index (χ4n) is 1.95. The highest BCUT2D eigenvalue weighted by Gasteiger charge is 2.16. The molecule has 1 aliphatic heterocycles. The van der Waals surface area contributed by atoms with Crippen LogP contribution in [-0.2, 0) is 6.42 Å². The fourth-order valence-corrected chi connectivity index (χ4v) is 2.68. The number of rotatable bonds is 1. The lowest BCUT2D eigenvalue weighted by molar-refractivity contribution is 0.901. The molecule has 0 unspecified atom stereocenters. The average Bonchev–Trinajstić information content (AvgIpc) is 2.62. The third-order valence-corrected chi connectivity index (χ3v) is 3.81. The molecular weight excluding hydrogens is 254 g/mol. The van der Waals surface area contributed by atoms with Crippen LogP contribution in [0.5, 0.6) is 0 Å². The van der Waals surface area contributed by atoms with Gasteiger partial charge in [0.25, 0.3) is 0 Å². The Morgan fingerprint density at radius 3 is 3.06 bits per heavy atom. The van der Waals surface area contributed by atoms with E-state index in [-0.39, 0.29) is 0 Å². The summed E-state index contributed by atoms with van der Waals surface area (Å²) in [6.07, 6.45) is 6.77. The van der Waals surface area contributed by atoms with Crippen LogP contribution in [0.25, 0.3) is 12.3 Å². The summed E-state index contributed by atoms with van der Waals surface area (Å²) in [7, 11) is 0. The van der Waals surface area contributed by atoms with Crippen molar-refractivity contribution in [2.45, 2.75) is 11.6 Å². The van der Waals surface area contributed by atoms with Crippen molar-refractivity contribution in [3.05, 3.63) is 40.2 Å². The van der Waals surface area contributed by atoms with E-state index in [1.165, 1.54) is 0 Å². The van der Waals surface area contributed by atoms with Gasteiger partial charge in [0.15, 0.2) is 5.16 Å². The van der Waals surface area contributed by atoms with Crippen molar-refractivity contribution < 1.29 is 0 Å². The fraction of sp³-hybridized carbons (Fsp3) is 0.167. The van der Waals surface area contributed by atoms with Crippen LogP contribution in [0.2, 0.25) is 5.02 Å². The highest BCUT2D eigenvalue weighted by atomic mass is 35.5. The zero-order valence-electron chi connectivity index (χ0n) is 9.22. The summed E-state index contributed by atoms with van der Waals surface area (Å²) in [5, 5.41) is 10.0. The number of halogens is 1. The van der Waals surface area contributed by atoms with Crippen LogP contribution in [0.15, 0.2) is 23.4 Å². The highest BCUT2D eigenvalue weighted by Crippen LogP contribution is 2.28. The molecule has 2 aromatic rings. The summed E-state index contributed by atoms with van der Waals surface area (Å²) < 4.78 is 2.01. The standard InChI is InChI=1S/C12H10ClN3S/c1-17-12-15-14-11-7-9-8(5-6-16(11)12)3-2-4-10(9)13/h2-6H,7H2,1H3. The number of aromatic nitrogens is 3. The van der Waals surface area contributed by atoms with E-state index in [0.29, 0.717) is 0 Å². The van der Waals surface area contributed by atoms with E-state index in [9.17, 15) is 0 Å². The third-order valence-electron chi connectivity index (χ3n) is 2.81. The van der Waals surface area contributed by atoms with Gasteiger partial charge in [0.05, 0.1) is 0 Å². The van der Waals surface area contributed by atoms with E-state index in [1.54, 1.807) is 11.8 Å². The van der Waals surface area contributed by atoms with Gasteiger partial charge in [-0.3, -0.25) is 4.57 Å². The van der Waals surface area contributed by atoms with Crippen LogP contribution < -0.4 is 0 Å². The molecule has 0 saturated carbocycles. The molecule has 0 atom stereocenters. The van der Waals surface area contributed by atoms with Crippen LogP contribution in [0.1, 0.15) is 17.0 Å². The number of fused-ring (bicyclic) bond motifs is 2. The molecule has 0 saturated heterocycles. The maximum Gasteiger partial charge on any atom is 0.195 e. The molecule has 3 rings (SSSR count).